The number of hydrogen-bond acceptors (Lipinski definition) is 3. The van der Waals surface area contributed by atoms with Gasteiger partial charge in [-0.05, 0) is 35.9 Å². The Bertz CT molecular complexity index is 712. The molecule has 0 aromatic heterocycles. The smallest absolute Gasteiger partial charge is 0.356 e. The summed E-state index contributed by atoms with van der Waals surface area (Å²) in [5.74, 6) is -0.778. The molecule has 5 heteroatoms. The Hall–Kier alpha value is -2.33. The number of carbonyl (C=O) groups is 1. The summed E-state index contributed by atoms with van der Waals surface area (Å²) in [5, 5.41) is 3.55. The molecule has 1 aliphatic heterocycles. The van der Waals surface area contributed by atoms with E-state index in [2.05, 4.69) is 5.32 Å². The molecule has 0 saturated carbocycles. The van der Waals surface area contributed by atoms with Crippen LogP contribution in [0, 0.1) is 5.82 Å². The Balaban J connectivity index is 1.83. The summed E-state index contributed by atoms with van der Waals surface area (Å²) in [4.78, 5) is 11.9. The van der Waals surface area contributed by atoms with Crippen LogP contribution in [0.15, 0.2) is 54.2 Å². The molecular weight excluding hydrogens is 293 g/mol. The molecule has 1 unspecified atom stereocenters. The third-order valence-electron chi connectivity index (χ3n) is 3.06. The van der Waals surface area contributed by atoms with Crippen LogP contribution in [0.25, 0.3) is 6.08 Å². The van der Waals surface area contributed by atoms with Crippen LogP contribution in [0.2, 0.25) is 5.02 Å². The molecule has 3 rings (SSSR count). The lowest BCUT2D eigenvalue weighted by atomic mass is 10.2. The molecule has 0 spiro atoms. The highest BCUT2D eigenvalue weighted by molar-refractivity contribution is 6.30. The van der Waals surface area contributed by atoms with Gasteiger partial charge in [-0.25, -0.2) is 9.18 Å². The van der Waals surface area contributed by atoms with Crippen LogP contribution in [0.1, 0.15) is 17.4 Å². The van der Waals surface area contributed by atoms with Gasteiger partial charge in [0.2, 0.25) is 0 Å². The van der Waals surface area contributed by atoms with Crippen molar-refractivity contribution in [2.24, 2.45) is 0 Å². The number of halogens is 2. The number of carbonyl (C=O) groups excluding carboxylic acids is 1. The van der Waals surface area contributed by atoms with Crippen LogP contribution < -0.4 is 5.32 Å². The van der Waals surface area contributed by atoms with Crippen molar-refractivity contribution in [1.29, 1.82) is 0 Å². The van der Waals surface area contributed by atoms with Crippen LogP contribution in [-0.2, 0) is 9.53 Å². The van der Waals surface area contributed by atoms with Gasteiger partial charge in [0, 0.05) is 10.6 Å². The van der Waals surface area contributed by atoms with E-state index in [9.17, 15) is 9.18 Å². The zero-order valence-electron chi connectivity index (χ0n) is 10.8. The number of benzene rings is 2. The topological polar surface area (TPSA) is 38.3 Å². The Kier molecular flexibility index (Phi) is 3.62. The van der Waals surface area contributed by atoms with Crippen molar-refractivity contribution < 1.29 is 13.9 Å². The summed E-state index contributed by atoms with van der Waals surface area (Å²) >= 11 is 5.92. The summed E-state index contributed by atoms with van der Waals surface area (Å²) in [6, 6.07) is 12.9. The van der Waals surface area contributed by atoms with E-state index < -0.39 is 12.2 Å². The largest absolute Gasteiger partial charge is 0.433 e. The van der Waals surface area contributed by atoms with E-state index in [1.807, 2.05) is 6.07 Å². The second-order valence-electron chi connectivity index (χ2n) is 4.59. The van der Waals surface area contributed by atoms with Crippen molar-refractivity contribution in [3.05, 3.63) is 76.2 Å². The van der Waals surface area contributed by atoms with Crippen molar-refractivity contribution in [2.45, 2.75) is 6.23 Å². The molecule has 1 aliphatic rings. The summed E-state index contributed by atoms with van der Waals surface area (Å²) in [6.45, 7) is 0. The first kappa shape index (κ1) is 13.6. The molecular formula is C16H11ClFNO2. The Morgan fingerprint density at radius 3 is 2.67 bits per heavy atom. The number of esters is 1. The van der Waals surface area contributed by atoms with Crippen LogP contribution >= 0.6 is 11.6 Å². The lowest BCUT2D eigenvalue weighted by molar-refractivity contribution is -0.139. The Morgan fingerprint density at radius 2 is 1.95 bits per heavy atom. The first-order chi connectivity index (χ1) is 10.1. The van der Waals surface area contributed by atoms with E-state index in [0.29, 0.717) is 16.3 Å². The molecule has 0 aliphatic carbocycles. The third kappa shape index (κ3) is 3.06. The lowest BCUT2D eigenvalue weighted by Crippen LogP contribution is -2.12. The fourth-order valence-electron chi connectivity index (χ4n) is 2.05. The van der Waals surface area contributed by atoms with E-state index >= 15 is 0 Å². The lowest BCUT2D eigenvalue weighted by Gasteiger charge is -2.09. The highest BCUT2D eigenvalue weighted by atomic mass is 35.5. The van der Waals surface area contributed by atoms with Gasteiger partial charge in [-0.1, -0.05) is 35.9 Å². The number of ether oxygens (including phenoxy) is 1. The SMILES string of the molecule is O=C1OC(c2cccc(Cl)c2)N/C1=C\c1ccc(F)cc1. The van der Waals surface area contributed by atoms with E-state index in [1.165, 1.54) is 12.1 Å². The average molecular weight is 304 g/mol. The molecule has 21 heavy (non-hydrogen) atoms. The molecule has 1 saturated heterocycles. The van der Waals surface area contributed by atoms with E-state index in [4.69, 9.17) is 16.3 Å². The van der Waals surface area contributed by atoms with E-state index in [-0.39, 0.29) is 5.82 Å². The van der Waals surface area contributed by atoms with Gasteiger partial charge < -0.3 is 10.1 Å². The van der Waals surface area contributed by atoms with Gasteiger partial charge in [-0.15, -0.1) is 0 Å². The number of hydrogen-bond donors (Lipinski definition) is 1. The molecule has 3 nitrogen and oxygen atoms in total. The van der Waals surface area contributed by atoms with Crippen LogP contribution in [-0.4, -0.2) is 5.97 Å². The molecule has 106 valence electrons. The molecule has 1 N–H and O–H groups in total. The molecule has 1 heterocycles. The fraction of sp³-hybridized carbons (Fsp3) is 0.0625. The minimum atomic E-state index is -0.567. The average Bonchev–Trinajstić information content (AvgIpc) is 2.83. The molecule has 2 aromatic rings. The van der Waals surface area contributed by atoms with Crippen molar-refractivity contribution in [1.82, 2.24) is 5.32 Å². The second-order valence-corrected chi connectivity index (χ2v) is 5.03. The Labute approximate surface area is 126 Å². The van der Waals surface area contributed by atoms with Crippen LogP contribution in [0.3, 0.4) is 0 Å². The summed E-state index contributed by atoms with van der Waals surface area (Å²) < 4.78 is 18.1. The van der Waals surface area contributed by atoms with Gasteiger partial charge in [0.15, 0.2) is 6.23 Å². The molecule has 2 aromatic carbocycles. The molecule has 0 bridgehead atoms. The van der Waals surface area contributed by atoms with E-state index in [0.717, 1.165) is 5.56 Å². The minimum Gasteiger partial charge on any atom is -0.433 e. The maximum atomic E-state index is 12.9. The van der Waals surface area contributed by atoms with Gasteiger partial charge in [0.05, 0.1) is 0 Å². The van der Waals surface area contributed by atoms with Gasteiger partial charge in [-0.3, -0.25) is 0 Å². The first-order valence-electron chi connectivity index (χ1n) is 6.32. The number of cyclic esters (lactones) is 1. The van der Waals surface area contributed by atoms with Crippen molar-refractivity contribution in [2.75, 3.05) is 0 Å². The number of rotatable bonds is 2. The number of nitrogens with one attached hydrogen (secondary N) is 1. The highest BCUT2D eigenvalue weighted by Gasteiger charge is 2.29. The van der Waals surface area contributed by atoms with Crippen LogP contribution in [0.5, 0.6) is 0 Å². The van der Waals surface area contributed by atoms with Gasteiger partial charge >= 0.3 is 5.97 Å². The molecule has 0 radical (unpaired) electrons. The molecule has 0 amide bonds. The zero-order chi connectivity index (χ0) is 14.8. The van der Waals surface area contributed by atoms with Crippen molar-refractivity contribution in [3.63, 3.8) is 0 Å². The third-order valence-corrected chi connectivity index (χ3v) is 3.30. The fourth-order valence-corrected chi connectivity index (χ4v) is 2.25. The second kappa shape index (κ2) is 5.58. The van der Waals surface area contributed by atoms with Crippen molar-refractivity contribution >= 4 is 23.6 Å². The monoisotopic (exact) mass is 303 g/mol. The van der Waals surface area contributed by atoms with Gasteiger partial charge in [-0.2, -0.15) is 0 Å². The minimum absolute atomic E-state index is 0.323. The van der Waals surface area contributed by atoms with Crippen LogP contribution in [0.4, 0.5) is 4.39 Å². The van der Waals surface area contributed by atoms with Gasteiger partial charge in [0.1, 0.15) is 11.5 Å². The summed E-state index contributed by atoms with van der Waals surface area (Å²) in [5.41, 5.74) is 1.80. The van der Waals surface area contributed by atoms with E-state index in [1.54, 1.807) is 36.4 Å². The zero-order valence-corrected chi connectivity index (χ0v) is 11.6. The predicted molar refractivity (Wildman–Crippen MR) is 77.8 cm³/mol. The summed E-state index contributed by atoms with van der Waals surface area (Å²) in [6.07, 6.45) is 1.05. The maximum Gasteiger partial charge on any atom is 0.356 e. The molecule has 1 fully saturated rings. The maximum absolute atomic E-state index is 12.9. The van der Waals surface area contributed by atoms with Crippen molar-refractivity contribution in [3.8, 4) is 0 Å². The predicted octanol–water partition coefficient (Wildman–Crippen LogP) is 3.67. The van der Waals surface area contributed by atoms with Gasteiger partial charge in [0.25, 0.3) is 0 Å². The first-order valence-corrected chi connectivity index (χ1v) is 6.70. The summed E-state index contributed by atoms with van der Waals surface area (Å²) in [7, 11) is 0. The quantitative estimate of drug-likeness (QED) is 0.679. The molecule has 1 atom stereocenters. The highest BCUT2D eigenvalue weighted by Crippen LogP contribution is 2.26. The Morgan fingerprint density at radius 1 is 1.19 bits per heavy atom. The normalized spacial score (nSPS) is 19.4. The standard InChI is InChI=1S/C16H11ClFNO2/c17-12-3-1-2-11(9-12)15-19-14(16(20)21-15)8-10-4-6-13(18)7-5-10/h1-9,15,19H/b14-8-.